The predicted octanol–water partition coefficient (Wildman–Crippen LogP) is 6.13. The third-order valence-electron chi connectivity index (χ3n) is 3.90. The molecular formula is C18H15BrCl2N2O2. The third kappa shape index (κ3) is 3.73. The molecular weight excluding hydrogens is 427 g/mol. The first kappa shape index (κ1) is 19.5. The number of anilines is 2. The molecule has 0 bridgehead atoms. The van der Waals surface area contributed by atoms with Gasteiger partial charge in [-0.05, 0) is 49.2 Å². The van der Waals surface area contributed by atoms with E-state index in [1.807, 2.05) is 32.0 Å². The van der Waals surface area contributed by atoms with E-state index in [0.29, 0.717) is 21.6 Å². The van der Waals surface area contributed by atoms with E-state index in [1.165, 1.54) is 6.20 Å². The molecule has 0 spiro atoms. The predicted molar refractivity (Wildman–Crippen MR) is 108 cm³/mol. The zero-order chi connectivity index (χ0) is 17.4. The summed E-state index contributed by atoms with van der Waals surface area (Å²) in [6.07, 6.45) is 1.36. The van der Waals surface area contributed by atoms with E-state index in [0.717, 1.165) is 21.3 Å². The molecule has 3 aromatic rings. The lowest BCUT2D eigenvalue weighted by molar-refractivity contribution is 0.0697. The summed E-state index contributed by atoms with van der Waals surface area (Å²) >= 11 is 9.65. The van der Waals surface area contributed by atoms with Gasteiger partial charge in [-0.15, -0.1) is 12.4 Å². The van der Waals surface area contributed by atoms with E-state index in [-0.39, 0.29) is 18.0 Å². The fourth-order valence-corrected chi connectivity index (χ4v) is 3.03. The van der Waals surface area contributed by atoms with E-state index in [4.69, 9.17) is 11.6 Å². The lowest BCUT2D eigenvalue weighted by Crippen LogP contribution is -2.05. The number of carboxylic acid groups (broad SMARTS) is 1. The van der Waals surface area contributed by atoms with Gasteiger partial charge in [0.2, 0.25) is 0 Å². The average Bonchev–Trinajstić information content (AvgIpc) is 2.54. The summed E-state index contributed by atoms with van der Waals surface area (Å²) in [6, 6.07) is 9.31. The van der Waals surface area contributed by atoms with Crippen LogP contribution in [0.4, 0.5) is 11.4 Å². The topological polar surface area (TPSA) is 62.2 Å². The second kappa shape index (κ2) is 7.60. The van der Waals surface area contributed by atoms with Gasteiger partial charge in [0.1, 0.15) is 5.56 Å². The van der Waals surface area contributed by atoms with Crippen LogP contribution in [0.2, 0.25) is 5.02 Å². The minimum absolute atomic E-state index is 0. The Bertz CT molecular complexity index is 977. The highest BCUT2D eigenvalue weighted by atomic mass is 79.9. The molecule has 0 radical (unpaired) electrons. The Labute approximate surface area is 164 Å². The van der Waals surface area contributed by atoms with Crippen LogP contribution in [-0.4, -0.2) is 16.1 Å². The van der Waals surface area contributed by atoms with Gasteiger partial charge in [0.05, 0.1) is 11.2 Å². The number of rotatable bonds is 3. The highest BCUT2D eigenvalue weighted by Gasteiger charge is 2.17. The number of hydrogen-bond donors (Lipinski definition) is 2. The highest BCUT2D eigenvalue weighted by Crippen LogP contribution is 2.34. The van der Waals surface area contributed by atoms with Crippen LogP contribution < -0.4 is 5.32 Å². The van der Waals surface area contributed by atoms with E-state index >= 15 is 0 Å². The Morgan fingerprint density at radius 1 is 1.24 bits per heavy atom. The Balaban J connectivity index is 0.00000225. The van der Waals surface area contributed by atoms with Crippen molar-refractivity contribution in [3.63, 3.8) is 0 Å². The first-order chi connectivity index (χ1) is 11.4. The Morgan fingerprint density at radius 2 is 1.96 bits per heavy atom. The Kier molecular flexibility index (Phi) is 5.93. The molecule has 0 amide bonds. The van der Waals surface area contributed by atoms with Crippen LogP contribution in [0.1, 0.15) is 21.5 Å². The number of pyridine rings is 1. The van der Waals surface area contributed by atoms with Crippen molar-refractivity contribution >= 4 is 68.2 Å². The molecule has 1 heterocycles. The van der Waals surface area contributed by atoms with E-state index in [1.54, 1.807) is 12.1 Å². The van der Waals surface area contributed by atoms with Crippen LogP contribution in [0.15, 0.2) is 41.0 Å². The number of benzene rings is 2. The molecule has 2 aromatic carbocycles. The summed E-state index contributed by atoms with van der Waals surface area (Å²) in [5, 5.41) is 14.0. The Hall–Kier alpha value is -1.82. The van der Waals surface area contributed by atoms with Crippen molar-refractivity contribution in [2.75, 3.05) is 5.32 Å². The first-order valence-electron chi connectivity index (χ1n) is 7.22. The average molecular weight is 442 g/mol. The second-order valence-electron chi connectivity index (χ2n) is 5.51. The molecule has 0 aliphatic carbocycles. The summed E-state index contributed by atoms with van der Waals surface area (Å²) in [5.41, 5.74) is 4.00. The molecule has 25 heavy (non-hydrogen) atoms. The minimum Gasteiger partial charge on any atom is -0.478 e. The molecule has 130 valence electrons. The molecule has 7 heteroatoms. The van der Waals surface area contributed by atoms with Gasteiger partial charge in [-0.25, -0.2) is 4.79 Å². The molecule has 3 rings (SSSR count). The zero-order valence-electron chi connectivity index (χ0n) is 13.4. The van der Waals surface area contributed by atoms with E-state index in [2.05, 4.69) is 26.2 Å². The van der Waals surface area contributed by atoms with Crippen molar-refractivity contribution in [2.24, 2.45) is 0 Å². The number of aromatic carboxylic acids is 1. The molecule has 0 unspecified atom stereocenters. The SMILES string of the molecule is Cc1ccc(Nc2c(C(=O)O)cnc3c(C)c(Cl)ccc23)cc1Br.Cl. The van der Waals surface area contributed by atoms with Gasteiger partial charge in [0, 0.05) is 26.8 Å². The molecule has 0 aliphatic rings. The van der Waals surface area contributed by atoms with Crippen molar-refractivity contribution in [1.29, 1.82) is 0 Å². The first-order valence-corrected chi connectivity index (χ1v) is 8.40. The standard InChI is InChI=1S/C18H14BrClN2O2.ClH/c1-9-3-4-11(7-14(9)19)22-17-12-5-6-15(20)10(2)16(12)21-8-13(17)18(23)24;/h3-8H,1-2H3,(H,21,22)(H,23,24);1H. The minimum atomic E-state index is -1.04. The summed E-state index contributed by atoms with van der Waals surface area (Å²) < 4.78 is 0.946. The molecule has 0 saturated heterocycles. The van der Waals surface area contributed by atoms with E-state index in [9.17, 15) is 9.90 Å². The lowest BCUT2D eigenvalue weighted by Gasteiger charge is -2.15. The molecule has 0 atom stereocenters. The summed E-state index contributed by atoms with van der Waals surface area (Å²) in [6.45, 7) is 3.86. The number of nitrogens with one attached hydrogen (secondary N) is 1. The smallest absolute Gasteiger partial charge is 0.339 e. The monoisotopic (exact) mass is 440 g/mol. The molecule has 0 aliphatic heterocycles. The van der Waals surface area contributed by atoms with Crippen molar-refractivity contribution in [3.05, 3.63) is 62.7 Å². The fourth-order valence-electron chi connectivity index (χ4n) is 2.49. The van der Waals surface area contributed by atoms with Gasteiger partial charge in [-0.3, -0.25) is 4.98 Å². The fraction of sp³-hybridized carbons (Fsp3) is 0.111. The number of carboxylic acids is 1. The zero-order valence-corrected chi connectivity index (χ0v) is 16.6. The van der Waals surface area contributed by atoms with E-state index < -0.39 is 5.97 Å². The summed E-state index contributed by atoms with van der Waals surface area (Å²) in [7, 11) is 0. The van der Waals surface area contributed by atoms with Crippen LogP contribution in [-0.2, 0) is 0 Å². The summed E-state index contributed by atoms with van der Waals surface area (Å²) in [4.78, 5) is 15.9. The maximum Gasteiger partial charge on any atom is 0.339 e. The highest BCUT2D eigenvalue weighted by molar-refractivity contribution is 9.10. The van der Waals surface area contributed by atoms with Crippen molar-refractivity contribution in [1.82, 2.24) is 4.98 Å². The van der Waals surface area contributed by atoms with Gasteiger partial charge in [0.25, 0.3) is 0 Å². The number of nitrogens with zero attached hydrogens (tertiary/aromatic N) is 1. The van der Waals surface area contributed by atoms with Crippen LogP contribution in [0.5, 0.6) is 0 Å². The summed E-state index contributed by atoms with van der Waals surface area (Å²) in [5.74, 6) is -1.04. The molecule has 0 fully saturated rings. The van der Waals surface area contributed by atoms with Gasteiger partial charge in [0.15, 0.2) is 0 Å². The number of halogens is 3. The molecule has 4 nitrogen and oxygen atoms in total. The molecule has 1 aromatic heterocycles. The maximum absolute atomic E-state index is 11.6. The van der Waals surface area contributed by atoms with Crippen molar-refractivity contribution in [3.8, 4) is 0 Å². The van der Waals surface area contributed by atoms with Crippen LogP contribution in [0.3, 0.4) is 0 Å². The number of fused-ring (bicyclic) bond motifs is 1. The molecule has 0 saturated carbocycles. The number of hydrogen-bond acceptors (Lipinski definition) is 3. The van der Waals surface area contributed by atoms with Crippen molar-refractivity contribution < 1.29 is 9.90 Å². The third-order valence-corrected chi connectivity index (χ3v) is 5.16. The van der Waals surface area contributed by atoms with Crippen LogP contribution >= 0.6 is 39.9 Å². The van der Waals surface area contributed by atoms with Crippen molar-refractivity contribution in [2.45, 2.75) is 13.8 Å². The Morgan fingerprint density at radius 3 is 2.60 bits per heavy atom. The molecule has 2 N–H and O–H groups in total. The number of aromatic nitrogens is 1. The maximum atomic E-state index is 11.6. The largest absolute Gasteiger partial charge is 0.478 e. The number of aryl methyl sites for hydroxylation is 2. The second-order valence-corrected chi connectivity index (χ2v) is 6.77. The van der Waals surface area contributed by atoms with Gasteiger partial charge in [-0.2, -0.15) is 0 Å². The van der Waals surface area contributed by atoms with Gasteiger partial charge in [-0.1, -0.05) is 33.6 Å². The lowest BCUT2D eigenvalue weighted by atomic mass is 10.1. The number of carbonyl (C=O) groups is 1. The quantitative estimate of drug-likeness (QED) is 0.513. The van der Waals surface area contributed by atoms with Gasteiger partial charge >= 0.3 is 5.97 Å². The van der Waals surface area contributed by atoms with Crippen LogP contribution in [0, 0.1) is 13.8 Å². The normalized spacial score (nSPS) is 10.4. The van der Waals surface area contributed by atoms with Crippen LogP contribution in [0.25, 0.3) is 10.9 Å². The van der Waals surface area contributed by atoms with Gasteiger partial charge < -0.3 is 10.4 Å².